The Hall–Kier alpha value is -3.28. The predicted molar refractivity (Wildman–Crippen MR) is 126 cm³/mol. The van der Waals surface area contributed by atoms with Gasteiger partial charge in [-0.3, -0.25) is 9.59 Å². The van der Waals surface area contributed by atoms with Gasteiger partial charge < -0.3 is 19.2 Å². The second kappa shape index (κ2) is 8.93. The third-order valence-corrected chi connectivity index (χ3v) is 7.14. The number of hydrogen-bond donors (Lipinski definition) is 1. The van der Waals surface area contributed by atoms with Crippen LogP contribution in [0.25, 0.3) is 11.5 Å². The Morgan fingerprint density at radius 1 is 1.00 bits per heavy atom. The molecule has 3 aromatic rings. The Labute approximate surface area is 194 Å². The summed E-state index contributed by atoms with van der Waals surface area (Å²) in [6.45, 7) is 2.66. The highest BCUT2D eigenvalue weighted by atomic mass is 16.3. The molecule has 2 amide bonds. The van der Waals surface area contributed by atoms with Gasteiger partial charge in [0.15, 0.2) is 0 Å². The average molecular weight is 446 g/mol. The molecule has 3 heterocycles. The molecule has 6 nitrogen and oxygen atoms in total. The van der Waals surface area contributed by atoms with E-state index in [9.17, 15) is 9.59 Å². The highest BCUT2D eigenvalue weighted by Crippen LogP contribution is 2.34. The van der Waals surface area contributed by atoms with Crippen LogP contribution in [0.2, 0.25) is 0 Å². The summed E-state index contributed by atoms with van der Waals surface area (Å²) < 4.78 is 7.56. The second-order valence-corrected chi connectivity index (χ2v) is 9.48. The number of benzene rings is 1. The van der Waals surface area contributed by atoms with Gasteiger partial charge in [0, 0.05) is 12.6 Å². The fraction of sp³-hybridized carbons (Fsp3) is 0.407. The molecule has 2 aromatic heterocycles. The molecule has 1 fully saturated rings. The number of amides is 2. The molecule has 172 valence electrons. The first kappa shape index (κ1) is 21.6. The molecule has 33 heavy (non-hydrogen) atoms. The summed E-state index contributed by atoms with van der Waals surface area (Å²) in [6, 6.07) is 17.5. The summed E-state index contributed by atoms with van der Waals surface area (Å²) >= 11 is 0. The van der Waals surface area contributed by atoms with E-state index in [0.717, 1.165) is 36.9 Å². The maximum absolute atomic E-state index is 13.8. The molecule has 1 aliphatic carbocycles. The van der Waals surface area contributed by atoms with Crippen LogP contribution in [-0.2, 0) is 17.9 Å². The number of carbonyl (C=O) groups excluding carboxylic acids is 2. The molecule has 1 N–H and O–H groups in total. The van der Waals surface area contributed by atoms with Crippen molar-refractivity contribution in [3.05, 3.63) is 72.1 Å². The van der Waals surface area contributed by atoms with E-state index in [-0.39, 0.29) is 17.9 Å². The first-order chi connectivity index (χ1) is 16.1. The summed E-state index contributed by atoms with van der Waals surface area (Å²) in [7, 11) is 0. The van der Waals surface area contributed by atoms with Crippen molar-refractivity contribution in [2.75, 3.05) is 0 Å². The lowest BCUT2D eigenvalue weighted by Gasteiger charge is -2.45. The van der Waals surface area contributed by atoms with Gasteiger partial charge in [-0.2, -0.15) is 0 Å². The van der Waals surface area contributed by atoms with Crippen LogP contribution in [-0.4, -0.2) is 32.9 Å². The van der Waals surface area contributed by atoms with Gasteiger partial charge >= 0.3 is 0 Å². The van der Waals surface area contributed by atoms with Crippen molar-refractivity contribution in [1.29, 1.82) is 0 Å². The van der Waals surface area contributed by atoms with Crippen LogP contribution < -0.4 is 5.32 Å². The maximum atomic E-state index is 13.8. The molecule has 1 aromatic carbocycles. The van der Waals surface area contributed by atoms with E-state index in [1.807, 2.05) is 66.1 Å². The van der Waals surface area contributed by atoms with Crippen molar-refractivity contribution >= 4 is 11.8 Å². The first-order valence-corrected chi connectivity index (χ1v) is 12.0. The Kier molecular flexibility index (Phi) is 5.83. The molecular weight excluding hydrogens is 414 g/mol. The summed E-state index contributed by atoms with van der Waals surface area (Å²) in [5, 5.41) is 3.31. The van der Waals surface area contributed by atoms with Crippen LogP contribution in [0, 0.1) is 0 Å². The van der Waals surface area contributed by atoms with E-state index < -0.39 is 5.54 Å². The van der Waals surface area contributed by atoms with Crippen molar-refractivity contribution in [2.45, 2.75) is 70.1 Å². The Bertz CT molecular complexity index is 1110. The minimum Gasteiger partial charge on any atom is -0.463 e. The van der Waals surface area contributed by atoms with Crippen molar-refractivity contribution in [3.63, 3.8) is 0 Å². The molecule has 1 saturated carbocycles. The van der Waals surface area contributed by atoms with Crippen molar-refractivity contribution in [3.8, 4) is 11.5 Å². The van der Waals surface area contributed by atoms with Gasteiger partial charge in [0.25, 0.3) is 5.91 Å². The van der Waals surface area contributed by atoms with E-state index in [4.69, 9.17) is 4.42 Å². The molecule has 1 atom stereocenters. The van der Waals surface area contributed by atoms with Gasteiger partial charge in [-0.05, 0) is 49.6 Å². The molecule has 6 heteroatoms. The van der Waals surface area contributed by atoms with Crippen LogP contribution in [0.5, 0.6) is 0 Å². The highest BCUT2D eigenvalue weighted by molar-refractivity contribution is 6.00. The van der Waals surface area contributed by atoms with E-state index in [1.54, 1.807) is 11.2 Å². The lowest BCUT2D eigenvalue weighted by Crippen LogP contribution is -2.64. The third kappa shape index (κ3) is 4.10. The molecule has 2 aliphatic rings. The van der Waals surface area contributed by atoms with Gasteiger partial charge in [0.05, 0.1) is 18.5 Å². The number of fused-ring (bicyclic) bond motifs is 1. The molecule has 5 rings (SSSR count). The average Bonchev–Trinajstić information content (AvgIpc) is 3.42. The third-order valence-electron chi connectivity index (χ3n) is 7.14. The minimum atomic E-state index is -1.02. The largest absolute Gasteiger partial charge is 0.463 e. The van der Waals surface area contributed by atoms with Crippen molar-refractivity contribution < 1.29 is 14.0 Å². The van der Waals surface area contributed by atoms with E-state index in [0.29, 0.717) is 24.5 Å². The number of aromatic nitrogens is 1. The van der Waals surface area contributed by atoms with Gasteiger partial charge in [-0.15, -0.1) is 0 Å². The van der Waals surface area contributed by atoms with Crippen LogP contribution in [0.4, 0.5) is 0 Å². The molecule has 0 bridgehead atoms. The minimum absolute atomic E-state index is 0.0802. The van der Waals surface area contributed by atoms with Crippen LogP contribution >= 0.6 is 0 Å². The molecule has 1 aliphatic heterocycles. The first-order valence-electron chi connectivity index (χ1n) is 12.0. The summed E-state index contributed by atoms with van der Waals surface area (Å²) in [5.74, 6) is 0.474. The van der Waals surface area contributed by atoms with E-state index >= 15 is 0 Å². The van der Waals surface area contributed by atoms with Crippen molar-refractivity contribution in [2.24, 2.45) is 0 Å². The zero-order valence-electron chi connectivity index (χ0n) is 19.1. The number of nitrogens with one attached hydrogen (secondary N) is 1. The molecule has 1 unspecified atom stereocenters. The topological polar surface area (TPSA) is 67.5 Å². The zero-order chi connectivity index (χ0) is 22.8. The lowest BCUT2D eigenvalue weighted by molar-refractivity contribution is -0.134. The maximum Gasteiger partial charge on any atom is 0.271 e. The van der Waals surface area contributed by atoms with Gasteiger partial charge in [-0.1, -0.05) is 56.0 Å². The smallest absolute Gasteiger partial charge is 0.271 e. The standard InChI is InChI=1S/C27H31N3O3/c1-27(26(32)28-21-12-7-2-3-8-13-21)19-29-22(24-14-9-17-33-24)15-16-23(29)25(31)30(27)18-20-10-5-4-6-11-20/h4-6,9-11,14-17,21H,2-3,7-8,12-13,18-19H2,1H3,(H,28,32). The Morgan fingerprint density at radius 2 is 1.73 bits per heavy atom. The number of carbonyl (C=O) groups is 2. The fourth-order valence-electron chi connectivity index (χ4n) is 5.19. The molecule has 0 spiro atoms. The SMILES string of the molecule is CC1(C(=O)NC2CCCCCC2)Cn2c(ccc2-c2ccco2)C(=O)N1Cc1ccccc1. The lowest BCUT2D eigenvalue weighted by atomic mass is 9.92. The number of furan rings is 1. The Morgan fingerprint density at radius 3 is 2.42 bits per heavy atom. The fourth-order valence-corrected chi connectivity index (χ4v) is 5.19. The molecule has 0 saturated heterocycles. The van der Waals surface area contributed by atoms with Crippen LogP contribution in [0.3, 0.4) is 0 Å². The highest BCUT2D eigenvalue weighted by Gasteiger charge is 2.48. The summed E-state index contributed by atoms with van der Waals surface area (Å²) in [6.07, 6.45) is 8.35. The monoisotopic (exact) mass is 445 g/mol. The van der Waals surface area contributed by atoms with Gasteiger partial charge in [0.2, 0.25) is 5.91 Å². The quantitative estimate of drug-likeness (QED) is 0.562. The molecule has 0 radical (unpaired) electrons. The number of nitrogens with zero attached hydrogens (tertiary/aromatic N) is 2. The van der Waals surface area contributed by atoms with Crippen molar-refractivity contribution in [1.82, 2.24) is 14.8 Å². The second-order valence-electron chi connectivity index (χ2n) is 9.48. The summed E-state index contributed by atoms with van der Waals surface area (Å²) in [4.78, 5) is 29.3. The summed E-state index contributed by atoms with van der Waals surface area (Å²) in [5.41, 5.74) is 1.38. The van der Waals surface area contributed by atoms with E-state index in [2.05, 4.69) is 5.32 Å². The van der Waals surface area contributed by atoms with Gasteiger partial charge in [0.1, 0.15) is 17.0 Å². The number of rotatable bonds is 5. The normalized spacial score (nSPS) is 21.5. The number of hydrogen-bond acceptors (Lipinski definition) is 3. The zero-order valence-corrected chi connectivity index (χ0v) is 19.1. The Balaban J connectivity index is 1.51. The predicted octanol–water partition coefficient (Wildman–Crippen LogP) is 5.00. The van der Waals surface area contributed by atoms with E-state index in [1.165, 1.54) is 12.8 Å². The molecular formula is C27H31N3O3. The van der Waals surface area contributed by atoms with Crippen LogP contribution in [0.1, 0.15) is 61.5 Å². The van der Waals surface area contributed by atoms with Crippen LogP contribution in [0.15, 0.2) is 65.3 Å². The van der Waals surface area contributed by atoms with Gasteiger partial charge in [-0.25, -0.2) is 0 Å².